The Labute approximate surface area is 123 Å². The van der Waals surface area contributed by atoms with Gasteiger partial charge in [0.25, 0.3) is 0 Å². The molecule has 2 atom stereocenters. The van der Waals surface area contributed by atoms with Crippen molar-refractivity contribution in [3.05, 3.63) is 0 Å². The predicted molar refractivity (Wildman–Crippen MR) is 79.8 cm³/mol. The molecule has 0 fully saturated rings. The summed E-state index contributed by atoms with van der Waals surface area (Å²) in [7, 11) is 3.46. The lowest BCUT2D eigenvalue weighted by atomic mass is 9.95. The number of ether oxygens (including phenoxy) is 3. The fourth-order valence-corrected chi connectivity index (χ4v) is 1.82. The minimum Gasteiger partial charge on any atom is -0.465 e. The lowest BCUT2D eigenvalue weighted by Crippen LogP contribution is -2.50. The van der Waals surface area contributed by atoms with Gasteiger partial charge in [-0.3, -0.25) is 4.79 Å². The molecule has 20 heavy (non-hydrogen) atoms. The van der Waals surface area contributed by atoms with Gasteiger partial charge in [-0.2, -0.15) is 0 Å². The molecular weight excluding hydrogens is 258 g/mol. The Hall–Kier alpha value is -0.650. The highest BCUT2D eigenvalue weighted by atomic mass is 16.5. The molecule has 0 aliphatic heterocycles. The van der Waals surface area contributed by atoms with Crippen LogP contribution in [0.4, 0.5) is 0 Å². The first-order chi connectivity index (χ1) is 9.20. The average Bonchev–Trinajstić information content (AvgIpc) is 2.38. The van der Waals surface area contributed by atoms with E-state index >= 15 is 0 Å². The van der Waals surface area contributed by atoms with E-state index in [9.17, 15) is 4.79 Å². The van der Waals surface area contributed by atoms with Crippen molar-refractivity contribution in [1.82, 2.24) is 5.32 Å². The molecule has 0 spiro atoms. The molecule has 0 bridgehead atoms. The van der Waals surface area contributed by atoms with Crippen molar-refractivity contribution in [3.8, 4) is 0 Å². The fourth-order valence-electron chi connectivity index (χ4n) is 1.82. The minimum absolute atomic E-state index is 0.0375. The molecule has 0 aromatic heterocycles. The lowest BCUT2D eigenvalue weighted by molar-refractivity contribution is -0.152. The molecule has 0 saturated heterocycles. The minimum atomic E-state index is -0.716. The summed E-state index contributed by atoms with van der Waals surface area (Å²) < 4.78 is 16.2. The van der Waals surface area contributed by atoms with E-state index < -0.39 is 5.54 Å². The standard InChI is InChI=1S/C15H31NO4/c1-8-19-13(17)15(5,16-6)11-12(2)20-10-9-14(3,4)18-7/h12,16H,8-11H2,1-7H3. The third-order valence-electron chi connectivity index (χ3n) is 3.63. The zero-order chi connectivity index (χ0) is 15.8. The van der Waals surface area contributed by atoms with Crippen LogP contribution in [0, 0.1) is 0 Å². The SMILES string of the molecule is CCOC(=O)C(C)(CC(C)OCCC(C)(C)OC)NC. The zero-order valence-electron chi connectivity index (χ0n) is 14.0. The molecule has 2 unspecified atom stereocenters. The van der Waals surface area contributed by atoms with E-state index in [1.54, 1.807) is 21.1 Å². The van der Waals surface area contributed by atoms with Gasteiger partial charge in [-0.1, -0.05) is 0 Å². The Morgan fingerprint density at radius 2 is 1.90 bits per heavy atom. The Morgan fingerprint density at radius 3 is 2.35 bits per heavy atom. The molecule has 0 radical (unpaired) electrons. The van der Waals surface area contributed by atoms with Crippen LogP contribution in [0.2, 0.25) is 0 Å². The number of nitrogens with one attached hydrogen (secondary N) is 1. The highest BCUT2D eigenvalue weighted by molar-refractivity contribution is 5.80. The first-order valence-electron chi connectivity index (χ1n) is 7.23. The highest BCUT2D eigenvalue weighted by Gasteiger charge is 2.35. The Morgan fingerprint density at radius 1 is 1.30 bits per heavy atom. The van der Waals surface area contributed by atoms with Gasteiger partial charge in [0.1, 0.15) is 5.54 Å². The quantitative estimate of drug-likeness (QED) is 0.624. The summed E-state index contributed by atoms with van der Waals surface area (Å²) in [5, 5.41) is 3.03. The summed E-state index contributed by atoms with van der Waals surface area (Å²) in [6, 6.07) is 0. The third-order valence-corrected chi connectivity index (χ3v) is 3.63. The van der Waals surface area contributed by atoms with E-state index in [2.05, 4.69) is 5.32 Å². The lowest BCUT2D eigenvalue weighted by Gasteiger charge is -2.30. The Bertz CT molecular complexity index is 294. The van der Waals surface area contributed by atoms with Crippen molar-refractivity contribution in [2.45, 2.75) is 64.7 Å². The van der Waals surface area contributed by atoms with Gasteiger partial charge in [-0.15, -0.1) is 0 Å². The number of rotatable bonds is 10. The van der Waals surface area contributed by atoms with Crippen LogP contribution in [-0.4, -0.2) is 50.6 Å². The summed E-state index contributed by atoms with van der Waals surface area (Å²) in [6.45, 7) is 10.6. The topological polar surface area (TPSA) is 56.8 Å². The number of methoxy groups -OCH3 is 1. The van der Waals surface area contributed by atoms with Crippen molar-refractivity contribution >= 4 is 5.97 Å². The summed E-state index contributed by atoms with van der Waals surface area (Å²) in [5.74, 6) is -0.241. The molecule has 5 heteroatoms. The third kappa shape index (κ3) is 6.68. The van der Waals surface area contributed by atoms with E-state index in [0.29, 0.717) is 19.6 Å². The molecule has 0 aromatic carbocycles. The van der Waals surface area contributed by atoms with Crippen LogP contribution in [0.5, 0.6) is 0 Å². The second kappa shape index (κ2) is 8.60. The zero-order valence-corrected chi connectivity index (χ0v) is 14.0. The maximum atomic E-state index is 12.0. The van der Waals surface area contributed by atoms with Crippen LogP contribution in [0.1, 0.15) is 47.5 Å². The normalized spacial score (nSPS) is 16.6. The van der Waals surface area contributed by atoms with Crippen LogP contribution >= 0.6 is 0 Å². The predicted octanol–water partition coefficient (Wildman–Crippen LogP) is 2.14. The molecule has 0 saturated carbocycles. The molecule has 5 nitrogen and oxygen atoms in total. The van der Waals surface area contributed by atoms with Gasteiger partial charge in [0, 0.05) is 20.1 Å². The molecule has 0 aliphatic rings. The summed E-state index contributed by atoms with van der Waals surface area (Å²) in [4.78, 5) is 12.0. The molecule has 0 amide bonds. The van der Waals surface area contributed by atoms with Gasteiger partial charge in [0.15, 0.2) is 0 Å². The van der Waals surface area contributed by atoms with Gasteiger partial charge in [0.2, 0.25) is 0 Å². The van der Waals surface area contributed by atoms with Gasteiger partial charge < -0.3 is 19.5 Å². The Kier molecular flexibility index (Phi) is 8.32. The first kappa shape index (κ1) is 19.4. The second-order valence-electron chi connectivity index (χ2n) is 5.90. The molecule has 0 rings (SSSR count). The van der Waals surface area contributed by atoms with Crippen LogP contribution < -0.4 is 5.32 Å². The number of likely N-dealkylation sites (N-methyl/N-ethyl adjacent to an activating group) is 1. The van der Waals surface area contributed by atoms with Gasteiger partial charge in [-0.25, -0.2) is 0 Å². The number of carbonyl (C=O) groups is 1. The van der Waals surface area contributed by atoms with E-state index in [1.807, 2.05) is 27.7 Å². The number of hydrogen-bond donors (Lipinski definition) is 1. The van der Waals surface area contributed by atoms with Crippen molar-refractivity contribution in [2.24, 2.45) is 0 Å². The van der Waals surface area contributed by atoms with Gasteiger partial charge in [-0.05, 0) is 48.1 Å². The highest BCUT2D eigenvalue weighted by Crippen LogP contribution is 2.18. The van der Waals surface area contributed by atoms with Crippen LogP contribution in [0.3, 0.4) is 0 Å². The van der Waals surface area contributed by atoms with Crippen LogP contribution in [0.15, 0.2) is 0 Å². The number of hydrogen-bond acceptors (Lipinski definition) is 5. The van der Waals surface area contributed by atoms with Crippen molar-refractivity contribution in [3.63, 3.8) is 0 Å². The van der Waals surface area contributed by atoms with Gasteiger partial charge >= 0.3 is 5.97 Å². The van der Waals surface area contributed by atoms with E-state index in [1.165, 1.54) is 0 Å². The molecular formula is C15H31NO4. The fraction of sp³-hybridized carbons (Fsp3) is 0.933. The van der Waals surface area contributed by atoms with Crippen LogP contribution in [0.25, 0.3) is 0 Å². The summed E-state index contributed by atoms with van der Waals surface area (Å²) >= 11 is 0. The molecule has 1 N–H and O–H groups in total. The van der Waals surface area contributed by atoms with E-state index in [4.69, 9.17) is 14.2 Å². The summed E-state index contributed by atoms with van der Waals surface area (Å²) in [6.07, 6.45) is 1.34. The number of esters is 1. The monoisotopic (exact) mass is 289 g/mol. The first-order valence-corrected chi connectivity index (χ1v) is 7.23. The summed E-state index contributed by atoms with van der Waals surface area (Å²) in [5.41, 5.74) is -0.903. The second-order valence-corrected chi connectivity index (χ2v) is 5.90. The Balaban J connectivity index is 4.28. The van der Waals surface area contributed by atoms with Crippen molar-refractivity contribution in [2.75, 3.05) is 27.4 Å². The maximum Gasteiger partial charge on any atom is 0.326 e. The molecule has 0 heterocycles. The largest absolute Gasteiger partial charge is 0.465 e. The number of carbonyl (C=O) groups excluding carboxylic acids is 1. The van der Waals surface area contributed by atoms with E-state index in [-0.39, 0.29) is 17.7 Å². The van der Waals surface area contributed by atoms with Crippen molar-refractivity contribution < 1.29 is 19.0 Å². The molecule has 120 valence electrons. The average molecular weight is 289 g/mol. The molecule has 0 aliphatic carbocycles. The van der Waals surface area contributed by atoms with Crippen LogP contribution in [-0.2, 0) is 19.0 Å². The molecule has 0 aromatic rings. The van der Waals surface area contributed by atoms with Crippen molar-refractivity contribution in [1.29, 1.82) is 0 Å². The maximum absolute atomic E-state index is 12.0. The van der Waals surface area contributed by atoms with Gasteiger partial charge in [0.05, 0.1) is 18.3 Å². The smallest absolute Gasteiger partial charge is 0.326 e. The van der Waals surface area contributed by atoms with E-state index in [0.717, 1.165) is 6.42 Å².